The van der Waals surface area contributed by atoms with Crippen LogP contribution in [0.15, 0.2) is 59.5 Å². The normalized spacial score (nSPS) is 11.9. The van der Waals surface area contributed by atoms with E-state index in [1.807, 2.05) is 42.1 Å². The van der Waals surface area contributed by atoms with Crippen LogP contribution in [0.25, 0.3) is 0 Å². The number of carbonyl (C=O) groups excluding carboxylic acids is 1. The van der Waals surface area contributed by atoms with Crippen molar-refractivity contribution in [3.8, 4) is 5.75 Å². The fourth-order valence-corrected chi connectivity index (χ4v) is 2.45. The molecule has 0 saturated carbocycles. The Hall–Kier alpha value is -3.02. The van der Waals surface area contributed by atoms with Gasteiger partial charge in [-0.25, -0.2) is 4.98 Å². The van der Waals surface area contributed by atoms with Crippen molar-refractivity contribution in [2.75, 3.05) is 7.11 Å². The lowest BCUT2D eigenvalue weighted by molar-refractivity contribution is 0.0913. The molecule has 2 heterocycles. The second-order valence-electron chi connectivity index (χ2n) is 5.02. The smallest absolute Gasteiger partial charge is 0.287 e. The maximum Gasteiger partial charge on any atom is 0.287 e. The van der Waals surface area contributed by atoms with Crippen molar-refractivity contribution in [3.05, 3.63) is 72.2 Å². The van der Waals surface area contributed by atoms with Crippen molar-refractivity contribution in [2.45, 2.75) is 6.04 Å². The monoisotopic (exact) mass is 311 g/mol. The van der Waals surface area contributed by atoms with Gasteiger partial charge in [-0.2, -0.15) is 0 Å². The van der Waals surface area contributed by atoms with Crippen LogP contribution in [0.4, 0.5) is 0 Å². The number of nitrogens with one attached hydrogen (secondary N) is 1. The number of benzene rings is 1. The second-order valence-corrected chi connectivity index (χ2v) is 5.02. The fraction of sp³-hybridized carbons (Fsp3) is 0.176. The number of ether oxygens (including phenoxy) is 1. The Labute approximate surface area is 133 Å². The van der Waals surface area contributed by atoms with Crippen LogP contribution in [0.3, 0.4) is 0 Å². The topological polar surface area (TPSA) is 69.3 Å². The minimum absolute atomic E-state index is 0.249. The molecule has 2 aromatic heterocycles. The number of amides is 1. The third kappa shape index (κ3) is 2.96. The van der Waals surface area contributed by atoms with E-state index < -0.39 is 6.04 Å². The molecule has 3 aromatic rings. The van der Waals surface area contributed by atoms with Crippen LogP contribution in [0.5, 0.6) is 5.75 Å². The first-order valence-electron chi connectivity index (χ1n) is 7.15. The number of hydrogen-bond acceptors (Lipinski definition) is 4. The van der Waals surface area contributed by atoms with E-state index in [4.69, 9.17) is 9.15 Å². The molecule has 0 aliphatic carbocycles. The SMILES string of the molecule is COc1ccccc1C(NC(=O)c1ccco1)c1nccn1C. The highest BCUT2D eigenvalue weighted by Gasteiger charge is 2.25. The van der Waals surface area contributed by atoms with E-state index in [9.17, 15) is 4.79 Å². The van der Waals surface area contributed by atoms with Crippen LogP contribution < -0.4 is 10.1 Å². The Morgan fingerprint density at radius 1 is 1.30 bits per heavy atom. The first kappa shape index (κ1) is 14.9. The van der Waals surface area contributed by atoms with Crippen molar-refractivity contribution in [1.82, 2.24) is 14.9 Å². The molecule has 3 rings (SSSR count). The molecule has 0 aliphatic rings. The van der Waals surface area contributed by atoms with Crippen molar-refractivity contribution < 1.29 is 13.9 Å². The number of hydrogen-bond donors (Lipinski definition) is 1. The number of nitrogens with zero attached hydrogens (tertiary/aromatic N) is 2. The highest BCUT2D eigenvalue weighted by molar-refractivity contribution is 5.91. The molecule has 6 heteroatoms. The number of rotatable bonds is 5. The van der Waals surface area contributed by atoms with Gasteiger partial charge in [-0.15, -0.1) is 0 Å². The summed E-state index contributed by atoms with van der Waals surface area (Å²) >= 11 is 0. The molecule has 23 heavy (non-hydrogen) atoms. The Kier molecular flexibility index (Phi) is 4.14. The van der Waals surface area contributed by atoms with Crippen LogP contribution in [-0.4, -0.2) is 22.6 Å². The Morgan fingerprint density at radius 2 is 2.13 bits per heavy atom. The Bertz CT molecular complexity index is 793. The molecule has 1 unspecified atom stereocenters. The van der Waals surface area contributed by atoms with Gasteiger partial charge in [-0.1, -0.05) is 18.2 Å². The predicted molar refractivity (Wildman–Crippen MR) is 84.2 cm³/mol. The van der Waals surface area contributed by atoms with Gasteiger partial charge in [0.05, 0.1) is 13.4 Å². The molecule has 1 amide bonds. The summed E-state index contributed by atoms with van der Waals surface area (Å²) in [4.78, 5) is 16.8. The van der Waals surface area contributed by atoms with E-state index in [0.29, 0.717) is 11.6 Å². The molecular weight excluding hydrogens is 294 g/mol. The molecule has 1 N–H and O–H groups in total. The largest absolute Gasteiger partial charge is 0.496 e. The number of carbonyl (C=O) groups is 1. The van der Waals surface area contributed by atoms with Crippen LogP contribution in [0.2, 0.25) is 0 Å². The van der Waals surface area contributed by atoms with E-state index in [0.717, 1.165) is 5.56 Å². The summed E-state index contributed by atoms with van der Waals surface area (Å²) in [6.07, 6.45) is 4.99. The molecular formula is C17H17N3O3. The van der Waals surface area contributed by atoms with Gasteiger partial charge < -0.3 is 19.0 Å². The number of imidazole rings is 1. The quantitative estimate of drug-likeness (QED) is 0.786. The van der Waals surface area contributed by atoms with Gasteiger partial charge in [-0.05, 0) is 18.2 Å². The highest BCUT2D eigenvalue weighted by atomic mass is 16.5. The zero-order valence-corrected chi connectivity index (χ0v) is 12.9. The van der Waals surface area contributed by atoms with Crippen LogP contribution >= 0.6 is 0 Å². The Morgan fingerprint density at radius 3 is 2.78 bits per heavy atom. The van der Waals surface area contributed by atoms with Gasteiger partial charge in [0.1, 0.15) is 17.6 Å². The number of furan rings is 1. The second kappa shape index (κ2) is 6.39. The fourth-order valence-electron chi connectivity index (χ4n) is 2.45. The van der Waals surface area contributed by atoms with E-state index in [1.54, 1.807) is 25.4 Å². The number of para-hydroxylation sites is 1. The standard InChI is InChI=1S/C17H17N3O3/c1-20-10-9-18-16(20)15(12-6-3-4-7-13(12)22-2)19-17(21)14-8-5-11-23-14/h3-11,15H,1-2H3,(H,19,21). The maximum atomic E-state index is 12.4. The van der Waals surface area contributed by atoms with Crippen molar-refractivity contribution in [2.24, 2.45) is 7.05 Å². The zero-order chi connectivity index (χ0) is 16.2. The molecule has 6 nitrogen and oxygen atoms in total. The first-order chi connectivity index (χ1) is 11.2. The average Bonchev–Trinajstić information content (AvgIpc) is 3.24. The van der Waals surface area contributed by atoms with E-state index in [1.165, 1.54) is 6.26 Å². The van der Waals surface area contributed by atoms with Gasteiger partial charge in [0, 0.05) is 25.0 Å². The van der Waals surface area contributed by atoms with Crippen molar-refractivity contribution >= 4 is 5.91 Å². The molecule has 1 aromatic carbocycles. The van der Waals surface area contributed by atoms with Crippen molar-refractivity contribution in [3.63, 3.8) is 0 Å². The maximum absolute atomic E-state index is 12.4. The minimum Gasteiger partial charge on any atom is -0.496 e. The molecule has 118 valence electrons. The van der Waals surface area contributed by atoms with E-state index in [-0.39, 0.29) is 11.7 Å². The average molecular weight is 311 g/mol. The van der Waals surface area contributed by atoms with Crippen LogP contribution in [0.1, 0.15) is 28.0 Å². The molecule has 0 radical (unpaired) electrons. The summed E-state index contributed by atoms with van der Waals surface area (Å²) in [5.41, 5.74) is 0.823. The summed E-state index contributed by atoms with van der Waals surface area (Å²) in [5.74, 6) is 1.32. The molecule has 0 spiro atoms. The van der Waals surface area contributed by atoms with Gasteiger partial charge in [-0.3, -0.25) is 4.79 Å². The summed E-state index contributed by atoms with van der Waals surface area (Å²) in [5, 5.41) is 2.96. The van der Waals surface area contributed by atoms with E-state index in [2.05, 4.69) is 10.3 Å². The van der Waals surface area contributed by atoms with Gasteiger partial charge >= 0.3 is 0 Å². The van der Waals surface area contributed by atoms with Gasteiger partial charge in [0.15, 0.2) is 5.76 Å². The Balaban J connectivity index is 2.01. The van der Waals surface area contributed by atoms with Crippen LogP contribution in [0, 0.1) is 0 Å². The first-order valence-corrected chi connectivity index (χ1v) is 7.15. The molecule has 1 atom stereocenters. The summed E-state index contributed by atoms with van der Waals surface area (Å²) in [6.45, 7) is 0. The molecule has 0 aliphatic heterocycles. The molecule has 0 saturated heterocycles. The number of methoxy groups -OCH3 is 1. The minimum atomic E-state index is -0.455. The number of aromatic nitrogens is 2. The summed E-state index contributed by atoms with van der Waals surface area (Å²) in [7, 11) is 3.48. The van der Waals surface area contributed by atoms with E-state index >= 15 is 0 Å². The highest BCUT2D eigenvalue weighted by Crippen LogP contribution is 2.29. The van der Waals surface area contributed by atoms with Crippen molar-refractivity contribution in [1.29, 1.82) is 0 Å². The lowest BCUT2D eigenvalue weighted by atomic mass is 10.0. The molecule has 0 bridgehead atoms. The molecule has 0 fully saturated rings. The third-order valence-corrected chi connectivity index (χ3v) is 3.59. The van der Waals surface area contributed by atoms with Gasteiger partial charge in [0.25, 0.3) is 5.91 Å². The summed E-state index contributed by atoms with van der Waals surface area (Å²) < 4.78 is 12.5. The van der Waals surface area contributed by atoms with Crippen LogP contribution in [-0.2, 0) is 7.05 Å². The third-order valence-electron chi connectivity index (χ3n) is 3.59. The lowest BCUT2D eigenvalue weighted by Gasteiger charge is -2.20. The number of aryl methyl sites for hydroxylation is 1. The van der Waals surface area contributed by atoms with Gasteiger partial charge in [0.2, 0.25) is 0 Å². The lowest BCUT2D eigenvalue weighted by Crippen LogP contribution is -2.31. The summed E-state index contributed by atoms with van der Waals surface area (Å²) in [6, 6.07) is 10.4. The zero-order valence-electron chi connectivity index (χ0n) is 12.9. The predicted octanol–water partition coefficient (Wildman–Crippen LogP) is 2.54.